The maximum atomic E-state index is 13.2. The molecule has 0 spiro atoms. The number of alkyl halides is 3. The van der Waals surface area contributed by atoms with Crippen LogP contribution in [-0.2, 0) is 13.0 Å². The van der Waals surface area contributed by atoms with Gasteiger partial charge >= 0.3 is 6.18 Å². The van der Waals surface area contributed by atoms with Crippen LogP contribution in [-0.4, -0.2) is 51.1 Å². The normalized spacial score (nSPS) is 20.8. The molecule has 2 aromatic heterocycles. The lowest BCUT2D eigenvalue weighted by atomic mass is 9.88. The van der Waals surface area contributed by atoms with E-state index < -0.39 is 24.3 Å². The lowest BCUT2D eigenvalue weighted by Crippen LogP contribution is -2.62. The standard InChI is InChI=1S/C29H24ClF3N2O2S.C2H6/c30-23-8-5-20(6-9-23)21-7-11-24(34-16-21)10-4-19-2-1-3-26-22(14-19)15-25(38-26)17-35-13-12-28(37,27(36)18-35)29(31,32)33;1-2/h1-2,5-9,11,14-16,27,36-37H,3,12-13,17-18H2;1-2H3/t27-,28+;/m1./s1. The van der Waals surface area contributed by atoms with Crippen molar-refractivity contribution in [3.8, 4) is 23.0 Å². The molecule has 0 radical (unpaired) electrons. The van der Waals surface area contributed by atoms with Gasteiger partial charge in [0.15, 0.2) is 5.60 Å². The number of pyridine rings is 1. The summed E-state index contributed by atoms with van der Waals surface area (Å²) in [6.07, 6.45) is 1.22. The predicted octanol–water partition coefficient (Wildman–Crippen LogP) is 6.90. The third kappa shape index (κ3) is 6.85. The quantitative estimate of drug-likeness (QED) is 0.328. The Morgan fingerprint density at radius 1 is 1.12 bits per heavy atom. The molecule has 0 saturated carbocycles. The van der Waals surface area contributed by atoms with Crippen LogP contribution >= 0.6 is 22.9 Å². The summed E-state index contributed by atoms with van der Waals surface area (Å²) in [6, 6.07) is 13.4. The molecule has 0 amide bonds. The average Bonchev–Trinajstić information content (AvgIpc) is 3.20. The lowest BCUT2D eigenvalue weighted by molar-refractivity contribution is -0.303. The molecule has 1 saturated heterocycles. The topological polar surface area (TPSA) is 56.6 Å². The summed E-state index contributed by atoms with van der Waals surface area (Å²) in [5.74, 6) is 6.28. The van der Waals surface area contributed by atoms with Crippen LogP contribution in [0.5, 0.6) is 0 Å². The van der Waals surface area contributed by atoms with E-state index in [9.17, 15) is 23.4 Å². The minimum absolute atomic E-state index is 0.0475. The molecule has 2 aliphatic rings. The molecule has 1 aliphatic heterocycles. The predicted molar refractivity (Wildman–Crippen MR) is 155 cm³/mol. The van der Waals surface area contributed by atoms with Gasteiger partial charge in [0.1, 0.15) is 11.8 Å². The van der Waals surface area contributed by atoms with Crippen LogP contribution in [0, 0.1) is 11.8 Å². The zero-order valence-corrected chi connectivity index (χ0v) is 23.7. The summed E-state index contributed by atoms with van der Waals surface area (Å²) >= 11 is 7.55. The van der Waals surface area contributed by atoms with Crippen molar-refractivity contribution in [1.29, 1.82) is 0 Å². The Balaban J connectivity index is 0.00000181. The van der Waals surface area contributed by atoms with E-state index in [0.29, 0.717) is 17.3 Å². The first-order valence-electron chi connectivity index (χ1n) is 13.0. The summed E-state index contributed by atoms with van der Waals surface area (Å²) in [5, 5.41) is 20.6. The summed E-state index contributed by atoms with van der Waals surface area (Å²) in [7, 11) is 0. The number of rotatable bonds is 3. The van der Waals surface area contributed by atoms with Gasteiger partial charge in [-0.05, 0) is 47.4 Å². The molecular weight excluding hydrogens is 557 g/mol. The van der Waals surface area contributed by atoms with E-state index >= 15 is 0 Å². The largest absolute Gasteiger partial charge is 0.419 e. The van der Waals surface area contributed by atoms with Crippen LogP contribution in [0.4, 0.5) is 13.2 Å². The number of likely N-dealkylation sites (tertiary alicyclic amines) is 1. The highest BCUT2D eigenvalue weighted by atomic mass is 35.5. The number of β-amino-alcohol motifs (C(OH)–C–C–N with tert-alkyl or cyclic N) is 1. The second-order valence-electron chi connectivity index (χ2n) is 9.41. The van der Waals surface area contributed by atoms with Gasteiger partial charge in [-0.1, -0.05) is 61.7 Å². The molecule has 1 aromatic carbocycles. The number of allylic oxidation sites excluding steroid dienone is 3. The molecule has 9 heteroatoms. The fraction of sp³-hybridized carbons (Fsp3) is 0.323. The van der Waals surface area contributed by atoms with Gasteiger partial charge in [-0.25, -0.2) is 4.98 Å². The fourth-order valence-electron chi connectivity index (χ4n) is 4.54. The molecule has 4 nitrogen and oxygen atoms in total. The molecule has 3 heterocycles. The first-order chi connectivity index (χ1) is 19.1. The fourth-order valence-corrected chi connectivity index (χ4v) is 5.83. The first-order valence-corrected chi connectivity index (χ1v) is 14.2. The van der Waals surface area contributed by atoms with Crippen LogP contribution < -0.4 is 0 Å². The Kier molecular flexibility index (Phi) is 9.55. The number of benzene rings is 1. The maximum Gasteiger partial charge on any atom is 0.419 e. The van der Waals surface area contributed by atoms with E-state index in [-0.39, 0.29) is 13.1 Å². The summed E-state index contributed by atoms with van der Waals surface area (Å²) in [6.45, 7) is 4.21. The zero-order chi connectivity index (χ0) is 28.9. The average molecular weight is 587 g/mol. The Morgan fingerprint density at radius 2 is 1.85 bits per heavy atom. The Labute approximate surface area is 241 Å². The number of piperidine rings is 1. The van der Waals surface area contributed by atoms with E-state index in [1.54, 1.807) is 22.4 Å². The third-order valence-electron chi connectivity index (χ3n) is 6.74. The molecule has 5 rings (SSSR count). The van der Waals surface area contributed by atoms with Crippen molar-refractivity contribution in [1.82, 2.24) is 9.88 Å². The third-order valence-corrected chi connectivity index (χ3v) is 8.15. The molecular formula is C31H30ClF3N2O2S. The van der Waals surface area contributed by atoms with Gasteiger partial charge in [-0.3, -0.25) is 4.90 Å². The van der Waals surface area contributed by atoms with Crippen LogP contribution in [0.1, 0.15) is 41.3 Å². The number of hydrogen-bond donors (Lipinski definition) is 2. The second-order valence-corrected chi connectivity index (χ2v) is 11.1. The summed E-state index contributed by atoms with van der Waals surface area (Å²) in [5.41, 5.74) is 1.44. The van der Waals surface area contributed by atoms with Crippen LogP contribution in [0.2, 0.25) is 5.02 Å². The van der Waals surface area contributed by atoms with Crippen molar-refractivity contribution < 1.29 is 23.4 Å². The Morgan fingerprint density at radius 3 is 2.50 bits per heavy atom. The van der Waals surface area contributed by atoms with Gasteiger partial charge in [-0.2, -0.15) is 13.2 Å². The second kappa shape index (κ2) is 12.7. The molecule has 40 heavy (non-hydrogen) atoms. The van der Waals surface area contributed by atoms with Crippen molar-refractivity contribution in [2.45, 2.75) is 51.1 Å². The number of aliphatic hydroxyl groups is 2. The van der Waals surface area contributed by atoms with Crippen molar-refractivity contribution in [3.63, 3.8) is 0 Å². The monoisotopic (exact) mass is 586 g/mol. The zero-order valence-electron chi connectivity index (χ0n) is 22.2. The van der Waals surface area contributed by atoms with Crippen LogP contribution in [0.15, 0.2) is 66.4 Å². The molecule has 3 aromatic rings. The maximum absolute atomic E-state index is 13.2. The van der Waals surface area contributed by atoms with Gasteiger partial charge in [0.05, 0.1) is 0 Å². The van der Waals surface area contributed by atoms with Crippen LogP contribution in [0.25, 0.3) is 17.2 Å². The van der Waals surface area contributed by atoms with Gasteiger partial charge in [0, 0.05) is 64.6 Å². The highest BCUT2D eigenvalue weighted by molar-refractivity contribution is 7.12. The first kappa shape index (κ1) is 30.0. The van der Waals surface area contributed by atoms with Crippen molar-refractivity contribution in [2.24, 2.45) is 0 Å². The van der Waals surface area contributed by atoms with E-state index in [1.165, 1.54) is 0 Å². The van der Waals surface area contributed by atoms with Gasteiger partial charge in [0.2, 0.25) is 0 Å². The number of fused-ring (bicyclic) bond motifs is 1. The number of halogens is 4. The molecule has 0 bridgehead atoms. The van der Waals surface area contributed by atoms with Crippen molar-refractivity contribution >= 4 is 29.0 Å². The van der Waals surface area contributed by atoms with E-state index in [4.69, 9.17) is 11.6 Å². The van der Waals surface area contributed by atoms with Crippen LogP contribution in [0.3, 0.4) is 0 Å². The number of nitrogens with zero attached hydrogens (tertiary/aromatic N) is 2. The van der Waals surface area contributed by atoms with Gasteiger partial charge < -0.3 is 10.2 Å². The molecule has 2 atom stereocenters. The molecule has 2 N–H and O–H groups in total. The summed E-state index contributed by atoms with van der Waals surface area (Å²) < 4.78 is 39.5. The highest BCUT2D eigenvalue weighted by Crippen LogP contribution is 2.39. The molecule has 0 unspecified atom stereocenters. The Hall–Kier alpha value is -2.93. The number of aromatic nitrogens is 1. The number of thiophene rings is 1. The molecule has 210 valence electrons. The SMILES string of the molecule is CC.O[C@@H]1CN(Cc2cc3c(s2)CC=CC(C#Cc2ccc(-c4ccc(Cl)cc4)cn2)=C3)CC[C@@]1(O)C(F)(F)F. The smallest absolute Gasteiger partial charge is 0.388 e. The lowest BCUT2D eigenvalue weighted by Gasteiger charge is -2.42. The molecule has 1 aliphatic carbocycles. The highest BCUT2D eigenvalue weighted by Gasteiger charge is 2.59. The van der Waals surface area contributed by atoms with Crippen molar-refractivity contribution in [3.05, 3.63) is 92.4 Å². The van der Waals surface area contributed by atoms with Gasteiger partial charge in [-0.15, -0.1) is 11.3 Å². The van der Waals surface area contributed by atoms with E-state index in [2.05, 4.69) is 16.8 Å². The minimum atomic E-state index is -4.86. The minimum Gasteiger partial charge on any atom is -0.388 e. The summed E-state index contributed by atoms with van der Waals surface area (Å²) in [4.78, 5) is 8.33. The van der Waals surface area contributed by atoms with Gasteiger partial charge in [0.25, 0.3) is 0 Å². The van der Waals surface area contributed by atoms with E-state index in [0.717, 1.165) is 38.4 Å². The molecule has 1 fully saturated rings. The van der Waals surface area contributed by atoms with Crippen molar-refractivity contribution in [2.75, 3.05) is 13.1 Å². The van der Waals surface area contributed by atoms with E-state index in [1.807, 2.05) is 74.5 Å². The number of hydrogen-bond acceptors (Lipinski definition) is 5. The Bertz CT molecular complexity index is 1440. The number of aliphatic hydroxyl groups excluding tert-OH is 1.